The fourth-order valence-electron chi connectivity index (χ4n) is 2.17. The van der Waals surface area contributed by atoms with Gasteiger partial charge < -0.3 is 20.7 Å². The lowest BCUT2D eigenvalue weighted by atomic mass is 10.2. The Hall–Kier alpha value is -2.44. The van der Waals surface area contributed by atoms with Crippen LogP contribution in [0.25, 0.3) is 0 Å². The van der Waals surface area contributed by atoms with Gasteiger partial charge in [0.15, 0.2) is 0 Å². The van der Waals surface area contributed by atoms with E-state index in [1.54, 1.807) is 6.20 Å². The second-order valence-electron chi connectivity index (χ2n) is 4.99. The molecule has 1 atom stereocenters. The summed E-state index contributed by atoms with van der Waals surface area (Å²) >= 11 is 0. The van der Waals surface area contributed by atoms with Crippen LogP contribution >= 0.6 is 0 Å². The molecule has 1 aliphatic rings. The van der Waals surface area contributed by atoms with Crippen molar-refractivity contribution in [1.29, 1.82) is 0 Å². The zero-order chi connectivity index (χ0) is 15.2. The van der Waals surface area contributed by atoms with Crippen molar-refractivity contribution < 1.29 is 9.53 Å². The molecule has 3 rings (SSSR count). The molecule has 1 unspecified atom stereocenters. The first-order valence-corrected chi connectivity index (χ1v) is 7.21. The van der Waals surface area contributed by atoms with Gasteiger partial charge in [0.1, 0.15) is 11.9 Å². The molecular formula is C16H18N4O2. The monoisotopic (exact) mass is 298 g/mol. The highest BCUT2D eigenvalue weighted by Gasteiger charge is 2.21. The van der Waals surface area contributed by atoms with Crippen LogP contribution < -0.4 is 16.0 Å². The van der Waals surface area contributed by atoms with E-state index in [0.29, 0.717) is 25.4 Å². The van der Waals surface area contributed by atoms with Crippen LogP contribution in [0.2, 0.25) is 0 Å². The van der Waals surface area contributed by atoms with Crippen LogP contribution in [-0.4, -0.2) is 36.7 Å². The summed E-state index contributed by atoms with van der Waals surface area (Å²) in [6.07, 6.45) is 1.63. The minimum Gasteiger partial charge on any atom is -0.378 e. The van der Waals surface area contributed by atoms with Gasteiger partial charge in [0.05, 0.1) is 25.1 Å². The number of anilines is 3. The lowest BCUT2D eigenvalue weighted by molar-refractivity contribution is -0.120. The first kappa shape index (κ1) is 14.5. The highest BCUT2D eigenvalue weighted by atomic mass is 16.5. The number of ether oxygens (including phenoxy) is 1. The van der Waals surface area contributed by atoms with E-state index >= 15 is 0 Å². The lowest BCUT2D eigenvalue weighted by Crippen LogP contribution is -2.48. The number of hydrogen-bond acceptors (Lipinski definition) is 5. The van der Waals surface area contributed by atoms with Crippen LogP contribution in [0, 0.1) is 0 Å². The van der Waals surface area contributed by atoms with Gasteiger partial charge in [0.25, 0.3) is 0 Å². The maximum atomic E-state index is 12.0. The van der Waals surface area contributed by atoms with Gasteiger partial charge in [-0.25, -0.2) is 4.98 Å². The van der Waals surface area contributed by atoms with E-state index in [4.69, 9.17) is 4.74 Å². The molecule has 0 aliphatic carbocycles. The minimum absolute atomic E-state index is 0.106. The van der Waals surface area contributed by atoms with Crippen molar-refractivity contribution in [3.63, 3.8) is 0 Å². The maximum Gasteiger partial charge on any atom is 0.243 e. The molecule has 0 radical (unpaired) electrons. The number of carbonyl (C=O) groups excluding carboxylic acids is 1. The quantitative estimate of drug-likeness (QED) is 0.802. The Balaban J connectivity index is 1.58. The molecular weight excluding hydrogens is 280 g/mol. The van der Waals surface area contributed by atoms with Crippen molar-refractivity contribution in [1.82, 2.24) is 10.3 Å². The molecule has 0 spiro atoms. The standard InChI is InChI=1S/C16H18N4O2/c21-16(14-11-22-9-8-17-14)20-13-6-7-15(18-10-13)19-12-4-2-1-3-5-12/h1-7,10,14,17H,8-9,11H2,(H,18,19)(H,20,21). The number of rotatable bonds is 4. The van der Waals surface area contributed by atoms with Gasteiger partial charge in [0.2, 0.25) is 5.91 Å². The van der Waals surface area contributed by atoms with Crippen molar-refractivity contribution >= 4 is 23.1 Å². The number of nitrogens with one attached hydrogen (secondary N) is 3. The summed E-state index contributed by atoms with van der Waals surface area (Å²) in [5.41, 5.74) is 1.63. The SMILES string of the molecule is O=C(Nc1ccc(Nc2ccccc2)nc1)C1COCCN1. The van der Waals surface area contributed by atoms with Crippen molar-refractivity contribution in [2.75, 3.05) is 30.4 Å². The smallest absolute Gasteiger partial charge is 0.243 e. The number of carbonyl (C=O) groups is 1. The van der Waals surface area contributed by atoms with E-state index < -0.39 is 0 Å². The summed E-state index contributed by atoms with van der Waals surface area (Å²) in [7, 11) is 0. The molecule has 22 heavy (non-hydrogen) atoms. The third-order valence-corrected chi connectivity index (χ3v) is 3.32. The van der Waals surface area contributed by atoms with E-state index in [-0.39, 0.29) is 11.9 Å². The van der Waals surface area contributed by atoms with Gasteiger partial charge in [-0.05, 0) is 24.3 Å². The first-order chi connectivity index (χ1) is 10.8. The Kier molecular flexibility index (Phi) is 4.62. The van der Waals surface area contributed by atoms with Crippen LogP contribution in [0.3, 0.4) is 0 Å². The summed E-state index contributed by atoms with van der Waals surface area (Å²) in [4.78, 5) is 16.3. The van der Waals surface area contributed by atoms with Gasteiger partial charge in [0, 0.05) is 12.2 Å². The number of nitrogens with zero attached hydrogens (tertiary/aromatic N) is 1. The number of aromatic nitrogens is 1. The molecule has 114 valence electrons. The summed E-state index contributed by atoms with van der Waals surface area (Å²) in [6.45, 7) is 1.73. The van der Waals surface area contributed by atoms with E-state index in [2.05, 4.69) is 20.9 Å². The molecule has 0 saturated carbocycles. The molecule has 1 aliphatic heterocycles. The molecule has 6 nitrogen and oxygen atoms in total. The number of hydrogen-bond donors (Lipinski definition) is 3. The van der Waals surface area contributed by atoms with Crippen LogP contribution in [0.15, 0.2) is 48.7 Å². The van der Waals surface area contributed by atoms with E-state index in [9.17, 15) is 4.79 Å². The largest absolute Gasteiger partial charge is 0.378 e. The summed E-state index contributed by atoms with van der Waals surface area (Å²) in [6, 6.07) is 13.1. The minimum atomic E-state index is -0.309. The maximum absolute atomic E-state index is 12.0. The molecule has 1 amide bonds. The van der Waals surface area contributed by atoms with Crippen LogP contribution in [0.4, 0.5) is 17.2 Å². The van der Waals surface area contributed by atoms with Gasteiger partial charge in [-0.2, -0.15) is 0 Å². The zero-order valence-electron chi connectivity index (χ0n) is 12.1. The van der Waals surface area contributed by atoms with Gasteiger partial charge in [-0.15, -0.1) is 0 Å². The van der Waals surface area contributed by atoms with Crippen molar-refractivity contribution in [2.24, 2.45) is 0 Å². The molecule has 6 heteroatoms. The lowest BCUT2D eigenvalue weighted by Gasteiger charge is -2.22. The predicted octanol–water partition coefficient (Wildman–Crippen LogP) is 1.75. The number of amides is 1. The Bertz CT molecular complexity index is 610. The second-order valence-corrected chi connectivity index (χ2v) is 4.99. The molecule has 1 aromatic carbocycles. The molecule has 2 aromatic rings. The highest BCUT2D eigenvalue weighted by molar-refractivity contribution is 5.95. The van der Waals surface area contributed by atoms with Gasteiger partial charge in [-0.1, -0.05) is 18.2 Å². The van der Waals surface area contributed by atoms with Crippen molar-refractivity contribution in [3.05, 3.63) is 48.7 Å². The van der Waals surface area contributed by atoms with E-state index in [1.807, 2.05) is 42.5 Å². The van der Waals surface area contributed by atoms with Crippen LogP contribution in [-0.2, 0) is 9.53 Å². The molecule has 0 bridgehead atoms. The molecule has 3 N–H and O–H groups in total. The second kappa shape index (κ2) is 7.02. The topological polar surface area (TPSA) is 75.3 Å². The average Bonchev–Trinajstić information content (AvgIpc) is 2.58. The number of para-hydroxylation sites is 1. The fourth-order valence-corrected chi connectivity index (χ4v) is 2.17. The van der Waals surface area contributed by atoms with Gasteiger partial charge >= 0.3 is 0 Å². The zero-order valence-corrected chi connectivity index (χ0v) is 12.1. The summed E-state index contributed by atoms with van der Waals surface area (Å²) in [5, 5.41) is 9.14. The third kappa shape index (κ3) is 3.81. The third-order valence-electron chi connectivity index (χ3n) is 3.32. The van der Waals surface area contributed by atoms with Crippen LogP contribution in [0.1, 0.15) is 0 Å². The average molecular weight is 298 g/mol. The number of pyridine rings is 1. The molecule has 1 aromatic heterocycles. The number of benzene rings is 1. The molecule has 1 fully saturated rings. The fraction of sp³-hybridized carbons (Fsp3) is 0.250. The highest BCUT2D eigenvalue weighted by Crippen LogP contribution is 2.15. The summed E-state index contributed by atoms with van der Waals surface area (Å²) in [5.74, 6) is 0.619. The number of morpholine rings is 1. The first-order valence-electron chi connectivity index (χ1n) is 7.21. The molecule has 1 saturated heterocycles. The van der Waals surface area contributed by atoms with Crippen LogP contribution in [0.5, 0.6) is 0 Å². The normalized spacial score (nSPS) is 17.7. The Labute approximate surface area is 128 Å². The Morgan fingerprint density at radius 2 is 2.05 bits per heavy atom. The van der Waals surface area contributed by atoms with Gasteiger partial charge in [-0.3, -0.25) is 4.79 Å². The summed E-state index contributed by atoms with van der Waals surface area (Å²) < 4.78 is 5.28. The van der Waals surface area contributed by atoms with Crippen molar-refractivity contribution in [2.45, 2.75) is 6.04 Å². The Morgan fingerprint density at radius 3 is 2.73 bits per heavy atom. The Morgan fingerprint density at radius 1 is 1.18 bits per heavy atom. The van der Waals surface area contributed by atoms with E-state index in [1.165, 1.54) is 0 Å². The van der Waals surface area contributed by atoms with Crippen molar-refractivity contribution in [3.8, 4) is 0 Å². The predicted molar refractivity (Wildman–Crippen MR) is 85.2 cm³/mol. The molecule has 2 heterocycles. The van der Waals surface area contributed by atoms with E-state index in [0.717, 1.165) is 11.5 Å².